The SMILES string of the molecule is CCc1ccccc1N(CC(=O)N(Cc1ccccc1Cl)C(C)C(=O)NC(C)(C)C)S(=O)(=O)c1ccc(C)cc1. The Kier molecular flexibility index (Phi) is 10.0. The predicted molar refractivity (Wildman–Crippen MR) is 161 cm³/mol. The molecule has 2 amide bonds. The summed E-state index contributed by atoms with van der Waals surface area (Å²) >= 11 is 6.43. The van der Waals surface area contributed by atoms with Gasteiger partial charge in [-0.2, -0.15) is 0 Å². The van der Waals surface area contributed by atoms with Crippen molar-refractivity contribution in [2.24, 2.45) is 0 Å². The Morgan fingerprint density at radius 1 is 0.925 bits per heavy atom. The molecule has 0 aromatic heterocycles. The lowest BCUT2D eigenvalue weighted by Gasteiger charge is -2.34. The van der Waals surface area contributed by atoms with E-state index in [2.05, 4.69) is 5.32 Å². The molecule has 0 fully saturated rings. The number of halogens is 1. The van der Waals surface area contributed by atoms with Crippen molar-refractivity contribution in [3.8, 4) is 0 Å². The Morgan fingerprint density at radius 2 is 1.50 bits per heavy atom. The van der Waals surface area contributed by atoms with Gasteiger partial charge in [0.05, 0.1) is 10.6 Å². The van der Waals surface area contributed by atoms with E-state index in [4.69, 9.17) is 11.6 Å². The number of amides is 2. The molecule has 0 aliphatic rings. The highest BCUT2D eigenvalue weighted by Gasteiger charge is 2.34. The van der Waals surface area contributed by atoms with Gasteiger partial charge in [0, 0.05) is 17.1 Å². The number of carbonyl (C=O) groups is 2. The second-order valence-corrected chi connectivity index (χ2v) is 13.1. The Bertz CT molecular complexity index is 1450. The summed E-state index contributed by atoms with van der Waals surface area (Å²) in [6.45, 7) is 10.5. The first-order valence-electron chi connectivity index (χ1n) is 13.3. The number of sulfonamides is 1. The molecule has 0 aliphatic heterocycles. The Balaban J connectivity index is 2.09. The number of aryl methyl sites for hydroxylation is 2. The van der Waals surface area contributed by atoms with Crippen LogP contribution in [0.25, 0.3) is 0 Å². The topological polar surface area (TPSA) is 86.8 Å². The second-order valence-electron chi connectivity index (χ2n) is 10.8. The molecule has 3 rings (SSSR count). The zero-order valence-corrected chi connectivity index (χ0v) is 25.5. The maximum atomic E-state index is 14.1. The minimum absolute atomic E-state index is 0.0328. The molecule has 0 spiro atoms. The van der Waals surface area contributed by atoms with Gasteiger partial charge in [0.25, 0.3) is 10.0 Å². The highest BCUT2D eigenvalue weighted by Crippen LogP contribution is 2.29. The third-order valence-corrected chi connectivity index (χ3v) is 8.64. The van der Waals surface area contributed by atoms with E-state index in [0.29, 0.717) is 22.7 Å². The monoisotopic (exact) mass is 583 g/mol. The summed E-state index contributed by atoms with van der Waals surface area (Å²) in [5.74, 6) is -0.882. The fraction of sp³-hybridized carbons (Fsp3) is 0.355. The highest BCUT2D eigenvalue weighted by molar-refractivity contribution is 7.92. The summed E-state index contributed by atoms with van der Waals surface area (Å²) in [6, 6.07) is 19.8. The molecule has 0 aliphatic carbocycles. The molecule has 0 heterocycles. The van der Waals surface area contributed by atoms with Crippen molar-refractivity contribution in [1.82, 2.24) is 10.2 Å². The van der Waals surface area contributed by atoms with Gasteiger partial charge in [-0.15, -0.1) is 0 Å². The van der Waals surface area contributed by atoms with Gasteiger partial charge in [-0.25, -0.2) is 8.42 Å². The fourth-order valence-corrected chi connectivity index (χ4v) is 5.92. The zero-order chi connectivity index (χ0) is 29.7. The van der Waals surface area contributed by atoms with Crippen molar-refractivity contribution in [1.29, 1.82) is 0 Å². The van der Waals surface area contributed by atoms with Crippen LogP contribution in [-0.2, 0) is 32.6 Å². The number of para-hydroxylation sites is 1. The van der Waals surface area contributed by atoms with Gasteiger partial charge < -0.3 is 10.2 Å². The standard InChI is InChI=1S/C31H38ClN3O4S/c1-7-24-12-9-11-15-28(24)35(40(38,39)26-18-16-22(2)17-19-26)21-29(36)34(20-25-13-8-10-14-27(25)32)23(3)30(37)33-31(4,5)6/h8-19,23H,7,20-21H2,1-6H3,(H,33,37). The van der Waals surface area contributed by atoms with Gasteiger partial charge in [0.1, 0.15) is 12.6 Å². The van der Waals surface area contributed by atoms with Crippen LogP contribution in [0, 0.1) is 6.92 Å². The average molecular weight is 584 g/mol. The zero-order valence-electron chi connectivity index (χ0n) is 23.9. The first-order valence-corrected chi connectivity index (χ1v) is 15.1. The quantitative estimate of drug-likeness (QED) is 0.330. The number of rotatable bonds is 10. The molecule has 0 radical (unpaired) electrons. The highest BCUT2D eigenvalue weighted by atomic mass is 35.5. The van der Waals surface area contributed by atoms with Crippen LogP contribution in [0.15, 0.2) is 77.7 Å². The molecule has 0 saturated carbocycles. The average Bonchev–Trinajstić information content (AvgIpc) is 2.90. The summed E-state index contributed by atoms with van der Waals surface area (Å²) in [5.41, 5.74) is 2.24. The minimum Gasteiger partial charge on any atom is -0.350 e. The number of benzene rings is 3. The molecule has 7 nitrogen and oxygen atoms in total. The molecule has 40 heavy (non-hydrogen) atoms. The Morgan fingerprint density at radius 3 is 2.08 bits per heavy atom. The first kappa shape index (κ1) is 31.2. The first-order chi connectivity index (χ1) is 18.7. The Hall–Kier alpha value is -3.36. The lowest BCUT2D eigenvalue weighted by Crippen LogP contribution is -2.54. The fourth-order valence-electron chi connectivity index (χ4n) is 4.27. The van der Waals surface area contributed by atoms with Gasteiger partial charge >= 0.3 is 0 Å². The van der Waals surface area contributed by atoms with Crippen molar-refractivity contribution >= 4 is 39.1 Å². The molecular formula is C31H38ClN3O4S. The van der Waals surface area contributed by atoms with Crippen molar-refractivity contribution < 1.29 is 18.0 Å². The third-order valence-electron chi connectivity index (χ3n) is 6.49. The number of nitrogens with zero attached hydrogens (tertiary/aromatic N) is 2. The van der Waals surface area contributed by atoms with Gasteiger partial charge in [-0.1, -0.05) is 72.6 Å². The smallest absolute Gasteiger partial charge is 0.264 e. The van der Waals surface area contributed by atoms with E-state index < -0.39 is 34.1 Å². The molecule has 1 atom stereocenters. The molecular weight excluding hydrogens is 546 g/mol. The van der Waals surface area contributed by atoms with Gasteiger partial charge in [-0.05, 0) is 76.4 Å². The summed E-state index contributed by atoms with van der Waals surface area (Å²) in [5, 5.41) is 3.37. The van der Waals surface area contributed by atoms with E-state index in [9.17, 15) is 18.0 Å². The van der Waals surface area contributed by atoms with E-state index in [0.717, 1.165) is 15.4 Å². The third kappa shape index (κ3) is 7.64. The van der Waals surface area contributed by atoms with Crippen LogP contribution in [0.5, 0.6) is 0 Å². The van der Waals surface area contributed by atoms with Crippen molar-refractivity contribution in [3.05, 3.63) is 94.5 Å². The van der Waals surface area contributed by atoms with Crippen LogP contribution in [0.4, 0.5) is 5.69 Å². The van der Waals surface area contributed by atoms with Crippen LogP contribution >= 0.6 is 11.6 Å². The normalized spacial score (nSPS) is 12.5. The molecule has 3 aromatic carbocycles. The van der Waals surface area contributed by atoms with Crippen LogP contribution < -0.4 is 9.62 Å². The van der Waals surface area contributed by atoms with Crippen molar-refractivity contribution in [2.75, 3.05) is 10.8 Å². The number of nitrogens with one attached hydrogen (secondary N) is 1. The largest absolute Gasteiger partial charge is 0.350 e. The number of hydrogen-bond donors (Lipinski definition) is 1. The lowest BCUT2D eigenvalue weighted by molar-refractivity contribution is -0.140. The molecule has 1 unspecified atom stereocenters. The van der Waals surface area contributed by atoms with E-state index in [1.165, 1.54) is 17.0 Å². The van der Waals surface area contributed by atoms with Crippen LogP contribution in [0.3, 0.4) is 0 Å². The second kappa shape index (κ2) is 12.9. The van der Waals surface area contributed by atoms with Gasteiger partial charge in [0.15, 0.2) is 0 Å². The van der Waals surface area contributed by atoms with Gasteiger partial charge in [0.2, 0.25) is 11.8 Å². The molecule has 0 bridgehead atoms. The molecule has 3 aromatic rings. The van der Waals surface area contributed by atoms with Gasteiger partial charge in [-0.3, -0.25) is 13.9 Å². The number of carbonyl (C=O) groups excluding carboxylic acids is 2. The summed E-state index contributed by atoms with van der Waals surface area (Å²) in [6.07, 6.45) is 0.567. The molecule has 0 saturated heterocycles. The van der Waals surface area contributed by atoms with E-state index in [-0.39, 0.29) is 17.3 Å². The summed E-state index contributed by atoms with van der Waals surface area (Å²) < 4.78 is 29.2. The predicted octanol–water partition coefficient (Wildman–Crippen LogP) is 5.74. The molecule has 9 heteroatoms. The number of hydrogen-bond acceptors (Lipinski definition) is 4. The maximum absolute atomic E-state index is 14.1. The van der Waals surface area contributed by atoms with E-state index in [1.807, 2.05) is 46.8 Å². The van der Waals surface area contributed by atoms with Crippen molar-refractivity contribution in [2.45, 2.75) is 71.0 Å². The van der Waals surface area contributed by atoms with Crippen molar-refractivity contribution in [3.63, 3.8) is 0 Å². The summed E-state index contributed by atoms with van der Waals surface area (Å²) in [7, 11) is -4.13. The minimum atomic E-state index is -4.13. The molecule has 214 valence electrons. The van der Waals surface area contributed by atoms with E-state index in [1.54, 1.807) is 55.5 Å². The maximum Gasteiger partial charge on any atom is 0.264 e. The summed E-state index contributed by atoms with van der Waals surface area (Å²) in [4.78, 5) is 28.8. The van der Waals surface area contributed by atoms with E-state index >= 15 is 0 Å². The molecule has 1 N–H and O–H groups in total. The van der Waals surface area contributed by atoms with Crippen LogP contribution in [-0.4, -0.2) is 43.3 Å². The Labute approximate surface area is 243 Å². The number of anilines is 1. The van der Waals surface area contributed by atoms with Crippen LogP contribution in [0.1, 0.15) is 51.3 Å². The lowest BCUT2D eigenvalue weighted by atomic mass is 10.1. The van der Waals surface area contributed by atoms with Crippen LogP contribution in [0.2, 0.25) is 5.02 Å².